The van der Waals surface area contributed by atoms with E-state index in [-0.39, 0.29) is 6.04 Å². The van der Waals surface area contributed by atoms with Crippen LogP contribution in [0.3, 0.4) is 0 Å². The fourth-order valence-electron chi connectivity index (χ4n) is 4.31. The summed E-state index contributed by atoms with van der Waals surface area (Å²) in [7, 11) is 2.18. The van der Waals surface area contributed by atoms with Gasteiger partial charge in [0.1, 0.15) is 5.69 Å². The molecule has 0 spiro atoms. The molecular formula is C26H29ClN6. The van der Waals surface area contributed by atoms with Gasteiger partial charge in [-0.1, -0.05) is 23.7 Å². The van der Waals surface area contributed by atoms with Crippen molar-refractivity contribution in [2.75, 3.05) is 38.1 Å². The molecule has 7 heteroatoms. The van der Waals surface area contributed by atoms with Gasteiger partial charge in [0.05, 0.1) is 24.0 Å². The molecule has 2 aromatic heterocycles. The summed E-state index contributed by atoms with van der Waals surface area (Å²) < 4.78 is 4.25. The lowest BCUT2D eigenvalue weighted by Crippen LogP contribution is -2.44. The molecule has 0 radical (unpaired) electrons. The second-order valence-corrected chi connectivity index (χ2v) is 9.36. The zero-order chi connectivity index (χ0) is 22.9. The number of likely N-dealkylation sites (N-methyl/N-ethyl adjacent to an activating group) is 1. The number of aromatic nitrogens is 4. The number of piperazine rings is 1. The van der Waals surface area contributed by atoms with Gasteiger partial charge in [0, 0.05) is 60.4 Å². The van der Waals surface area contributed by atoms with Crippen LogP contribution in [-0.4, -0.2) is 57.2 Å². The molecule has 0 bridgehead atoms. The van der Waals surface area contributed by atoms with Crippen molar-refractivity contribution in [3.05, 3.63) is 72.4 Å². The van der Waals surface area contributed by atoms with Gasteiger partial charge in [0.25, 0.3) is 0 Å². The molecule has 3 heterocycles. The Balaban J connectivity index is 1.45. The zero-order valence-electron chi connectivity index (χ0n) is 19.3. The molecule has 0 unspecified atom stereocenters. The largest absolute Gasteiger partial charge is 0.369 e. The van der Waals surface area contributed by atoms with Crippen LogP contribution in [0.25, 0.3) is 28.3 Å². The minimum Gasteiger partial charge on any atom is -0.369 e. The highest BCUT2D eigenvalue weighted by Crippen LogP contribution is 2.33. The van der Waals surface area contributed by atoms with Crippen LogP contribution in [-0.2, 0) is 0 Å². The van der Waals surface area contributed by atoms with Crippen LogP contribution in [0, 0.1) is 0 Å². The Kier molecular flexibility index (Phi) is 5.96. The lowest BCUT2D eigenvalue weighted by Gasteiger charge is -2.34. The average Bonchev–Trinajstić information content (AvgIpc) is 3.48. The van der Waals surface area contributed by atoms with E-state index in [1.165, 1.54) is 5.69 Å². The summed E-state index contributed by atoms with van der Waals surface area (Å²) >= 11 is 6.10. The smallest absolute Gasteiger partial charge is 0.107 e. The van der Waals surface area contributed by atoms with Crippen molar-refractivity contribution in [2.45, 2.75) is 19.9 Å². The van der Waals surface area contributed by atoms with Crippen LogP contribution in [0.15, 0.2) is 67.4 Å². The van der Waals surface area contributed by atoms with Gasteiger partial charge in [-0.05, 0) is 57.3 Å². The third-order valence-electron chi connectivity index (χ3n) is 6.31. The first-order valence-corrected chi connectivity index (χ1v) is 11.8. The average molecular weight is 461 g/mol. The van der Waals surface area contributed by atoms with Crippen molar-refractivity contribution >= 4 is 17.3 Å². The minimum atomic E-state index is 0.265. The topological polar surface area (TPSA) is 42.1 Å². The van der Waals surface area contributed by atoms with Gasteiger partial charge in [0.15, 0.2) is 0 Å². The lowest BCUT2D eigenvalue weighted by molar-refractivity contribution is 0.313. The van der Waals surface area contributed by atoms with Gasteiger partial charge in [-0.25, -0.2) is 9.97 Å². The molecule has 170 valence electrons. The van der Waals surface area contributed by atoms with E-state index in [9.17, 15) is 0 Å². The van der Waals surface area contributed by atoms with E-state index >= 15 is 0 Å². The number of benzene rings is 2. The van der Waals surface area contributed by atoms with E-state index in [0.29, 0.717) is 5.02 Å². The first-order valence-electron chi connectivity index (χ1n) is 11.4. The molecule has 2 aromatic carbocycles. The molecule has 0 amide bonds. The molecule has 0 atom stereocenters. The minimum absolute atomic E-state index is 0.265. The second-order valence-electron chi connectivity index (χ2n) is 8.92. The van der Waals surface area contributed by atoms with Crippen LogP contribution >= 0.6 is 11.6 Å². The first-order chi connectivity index (χ1) is 16.0. The van der Waals surface area contributed by atoms with Crippen LogP contribution in [0.2, 0.25) is 5.02 Å². The SMILES string of the molecule is CC(C)n1cnc(-c2ccc(Cl)cc2)c1-c1cn(-c2ccc(N3CCN(C)CC3)cc2)cn1. The van der Waals surface area contributed by atoms with Gasteiger partial charge in [-0.15, -0.1) is 0 Å². The van der Waals surface area contributed by atoms with Gasteiger partial charge in [-0.2, -0.15) is 0 Å². The quantitative estimate of drug-likeness (QED) is 0.400. The molecule has 1 saturated heterocycles. The summed E-state index contributed by atoms with van der Waals surface area (Å²) in [6.45, 7) is 8.66. The summed E-state index contributed by atoms with van der Waals surface area (Å²) in [6.07, 6.45) is 5.86. The standard InChI is InChI=1S/C26H29ClN6/c1-19(2)33-18-29-25(20-4-6-21(27)7-5-20)26(33)24-16-32(17-28-24)23-10-8-22(9-11-23)31-14-12-30(3)13-15-31/h4-11,16-19H,12-15H2,1-3H3. The summed E-state index contributed by atoms with van der Waals surface area (Å²) in [6, 6.07) is 16.8. The van der Waals surface area contributed by atoms with Crippen LogP contribution in [0.4, 0.5) is 5.69 Å². The number of nitrogens with zero attached hydrogens (tertiary/aromatic N) is 6. The second kappa shape index (κ2) is 9.04. The maximum absolute atomic E-state index is 6.10. The number of rotatable bonds is 5. The lowest BCUT2D eigenvalue weighted by atomic mass is 10.1. The molecular weight excluding hydrogens is 432 g/mol. The van der Waals surface area contributed by atoms with E-state index in [2.05, 4.69) is 70.3 Å². The Bertz CT molecular complexity index is 1210. The van der Waals surface area contributed by atoms with Gasteiger partial charge >= 0.3 is 0 Å². The monoisotopic (exact) mass is 460 g/mol. The fourth-order valence-corrected chi connectivity index (χ4v) is 4.44. The fraction of sp³-hybridized carbons (Fsp3) is 0.308. The molecule has 0 aliphatic carbocycles. The first kappa shape index (κ1) is 21.7. The highest BCUT2D eigenvalue weighted by atomic mass is 35.5. The Morgan fingerprint density at radius 2 is 1.48 bits per heavy atom. The predicted molar refractivity (Wildman–Crippen MR) is 135 cm³/mol. The van der Waals surface area contributed by atoms with Crippen LogP contribution in [0.5, 0.6) is 0 Å². The van der Waals surface area contributed by atoms with E-state index < -0.39 is 0 Å². The van der Waals surface area contributed by atoms with Gasteiger partial charge < -0.3 is 18.9 Å². The Labute approximate surface area is 200 Å². The molecule has 1 fully saturated rings. The molecule has 0 saturated carbocycles. The van der Waals surface area contributed by atoms with Crippen molar-refractivity contribution in [3.8, 4) is 28.3 Å². The van der Waals surface area contributed by atoms with Crippen molar-refractivity contribution < 1.29 is 0 Å². The van der Waals surface area contributed by atoms with E-state index in [4.69, 9.17) is 21.6 Å². The summed E-state index contributed by atoms with van der Waals surface area (Å²) in [4.78, 5) is 14.3. The Hall–Kier alpha value is -3.09. The van der Waals surface area contributed by atoms with E-state index in [0.717, 1.165) is 54.5 Å². The molecule has 1 aliphatic heterocycles. The molecule has 1 aliphatic rings. The number of halogens is 1. The maximum atomic E-state index is 6.10. The van der Waals surface area contributed by atoms with Gasteiger partial charge in [-0.3, -0.25) is 0 Å². The van der Waals surface area contributed by atoms with Gasteiger partial charge in [0.2, 0.25) is 0 Å². The summed E-state index contributed by atoms with van der Waals surface area (Å²) in [5.74, 6) is 0. The van der Waals surface area contributed by atoms with Crippen molar-refractivity contribution in [2.24, 2.45) is 0 Å². The molecule has 0 N–H and O–H groups in total. The Morgan fingerprint density at radius 3 is 2.15 bits per heavy atom. The number of hydrogen-bond donors (Lipinski definition) is 0. The third kappa shape index (κ3) is 4.41. The summed E-state index contributed by atoms with van der Waals surface area (Å²) in [5.41, 5.74) is 6.22. The summed E-state index contributed by atoms with van der Waals surface area (Å²) in [5, 5.41) is 0.716. The molecule has 33 heavy (non-hydrogen) atoms. The molecule has 6 nitrogen and oxygen atoms in total. The number of hydrogen-bond acceptors (Lipinski definition) is 4. The normalized spacial score (nSPS) is 14.9. The number of imidazole rings is 2. The van der Waals surface area contributed by atoms with E-state index in [1.807, 2.05) is 36.9 Å². The highest BCUT2D eigenvalue weighted by molar-refractivity contribution is 6.30. The van der Waals surface area contributed by atoms with Crippen LogP contribution < -0.4 is 4.90 Å². The highest BCUT2D eigenvalue weighted by Gasteiger charge is 2.19. The van der Waals surface area contributed by atoms with Crippen molar-refractivity contribution in [1.29, 1.82) is 0 Å². The van der Waals surface area contributed by atoms with Crippen molar-refractivity contribution in [1.82, 2.24) is 24.0 Å². The van der Waals surface area contributed by atoms with E-state index in [1.54, 1.807) is 0 Å². The number of anilines is 1. The molecule has 5 rings (SSSR count). The van der Waals surface area contributed by atoms with Crippen LogP contribution in [0.1, 0.15) is 19.9 Å². The molecule has 4 aromatic rings. The maximum Gasteiger partial charge on any atom is 0.107 e. The Morgan fingerprint density at radius 1 is 0.818 bits per heavy atom. The third-order valence-corrected chi connectivity index (χ3v) is 6.56. The van der Waals surface area contributed by atoms with Crippen molar-refractivity contribution in [3.63, 3.8) is 0 Å². The zero-order valence-corrected chi connectivity index (χ0v) is 20.1. The predicted octanol–water partition coefficient (Wildman–Crippen LogP) is 5.39.